The minimum Gasteiger partial charge on any atom is -0.477 e. The first-order valence-corrected chi connectivity index (χ1v) is 6.39. The number of carboxylic acids is 1. The summed E-state index contributed by atoms with van der Waals surface area (Å²) < 4.78 is 0. The van der Waals surface area contributed by atoms with Gasteiger partial charge in [-0.1, -0.05) is 6.07 Å². The van der Waals surface area contributed by atoms with Crippen LogP contribution in [0.15, 0.2) is 18.2 Å². The highest BCUT2D eigenvalue weighted by molar-refractivity contribution is 5.94. The quantitative estimate of drug-likeness (QED) is 0.628. The van der Waals surface area contributed by atoms with E-state index < -0.39 is 5.97 Å². The zero-order valence-electron chi connectivity index (χ0n) is 10.6. The summed E-state index contributed by atoms with van der Waals surface area (Å²) in [5.74, 6) is -1.47. The molecule has 19 heavy (non-hydrogen) atoms. The van der Waals surface area contributed by atoms with E-state index >= 15 is 0 Å². The van der Waals surface area contributed by atoms with Crippen LogP contribution in [0.5, 0.6) is 0 Å². The fraction of sp³-hybridized carbons (Fsp3) is 0.462. The van der Waals surface area contributed by atoms with Crippen molar-refractivity contribution in [3.63, 3.8) is 0 Å². The molecule has 1 amide bonds. The van der Waals surface area contributed by atoms with Crippen LogP contribution < -0.4 is 10.6 Å². The van der Waals surface area contributed by atoms with E-state index in [2.05, 4.69) is 15.6 Å². The fourth-order valence-corrected chi connectivity index (χ4v) is 1.65. The van der Waals surface area contributed by atoms with Gasteiger partial charge in [-0.3, -0.25) is 4.79 Å². The maximum Gasteiger partial charge on any atom is 0.354 e. The first kappa shape index (κ1) is 13.5. The van der Waals surface area contributed by atoms with Crippen molar-refractivity contribution in [3.05, 3.63) is 29.6 Å². The van der Waals surface area contributed by atoms with Gasteiger partial charge in [-0.25, -0.2) is 9.78 Å². The molecule has 1 aliphatic carbocycles. The van der Waals surface area contributed by atoms with Crippen molar-refractivity contribution in [2.24, 2.45) is 0 Å². The van der Waals surface area contributed by atoms with Crippen molar-refractivity contribution in [1.82, 2.24) is 15.6 Å². The first-order chi connectivity index (χ1) is 9.16. The van der Waals surface area contributed by atoms with Gasteiger partial charge in [0.05, 0.1) is 0 Å². The van der Waals surface area contributed by atoms with Gasteiger partial charge < -0.3 is 15.7 Å². The van der Waals surface area contributed by atoms with Crippen LogP contribution in [-0.4, -0.2) is 41.1 Å². The first-order valence-electron chi connectivity index (χ1n) is 6.39. The number of aromatic carboxylic acids is 1. The van der Waals surface area contributed by atoms with Gasteiger partial charge in [0.1, 0.15) is 11.4 Å². The summed E-state index contributed by atoms with van der Waals surface area (Å²) in [7, 11) is 0. The van der Waals surface area contributed by atoms with Gasteiger partial charge in [-0.15, -0.1) is 0 Å². The average molecular weight is 263 g/mol. The van der Waals surface area contributed by atoms with E-state index in [9.17, 15) is 9.59 Å². The molecule has 0 bridgehead atoms. The minimum atomic E-state index is -1.14. The number of aromatic nitrogens is 1. The molecule has 1 fully saturated rings. The Bertz CT molecular complexity index is 472. The number of hydrogen-bond donors (Lipinski definition) is 3. The van der Waals surface area contributed by atoms with Crippen LogP contribution in [0.4, 0.5) is 0 Å². The van der Waals surface area contributed by atoms with Gasteiger partial charge in [0.15, 0.2) is 0 Å². The van der Waals surface area contributed by atoms with Gasteiger partial charge in [-0.05, 0) is 37.9 Å². The lowest BCUT2D eigenvalue weighted by molar-refractivity contribution is 0.0690. The summed E-state index contributed by atoms with van der Waals surface area (Å²) in [4.78, 5) is 26.3. The Morgan fingerprint density at radius 1 is 1.26 bits per heavy atom. The molecule has 0 aliphatic heterocycles. The average Bonchev–Trinajstić information content (AvgIpc) is 3.22. The minimum absolute atomic E-state index is 0.122. The molecule has 1 saturated carbocycles. The van der Waals surface area contributed by atoms with Crippen LogP contribution in [0.1, 0.15) is 40.2 Å². The lowest BCUT2D eigenvalue weighted by Gasteiger charge is -2.05. The Morgan fingerprint density at radius 2 is 2.00 bits per heavy atom. The maximum absolute atomic E-state index is 11.7. The molecule has 1 aliphatic rings. The summed E-state index contributed by atoms with van der Waals surface area (Å²) >= 11 is 0. The molecule has 2 rings (SSSR count). The largest absolute Gasteiger partial charge is 0.477 e. The van der Waals surface area contributed by atoms with Crippen molar-refractivity contribution >= 4 is 11.9 Å². The third-order valence-electron chi connectivity index (χ3n) is 2.85. The van der Waals surface area contributed by atoms with Crippen molar-refractivity contribution in [3.8, 4) is 0 Å². The topological polar surface area (TPSA) is 91.3 Å². The highest BCUT2D eigenvalue weighted by Crippen LogP contribution is 2.18. The molecule has 0 unspecified atom stereocenters. The molecule has 3 N–H and O–H groups in total. The normalized spacial score (nSPS) is 14.1. The second-order valence-electron chi connectivity index (χ2n) is 4.55. The van der Waals surface area contributed by atoms with E-state index in [-0.39, 0.29) is 17.3 Å². The Kier molecular flexibility index (Phi) is 4.46. The number of carbonyl (C=O) groups is 2. The van der Waals surface area contributed by atoms with Crippen LogP contribution >= 0.6 is 0 Å². The molecule has 102 valence electrons. The van der Waals surface area contributed by atoms with Crippen molar-refractivity contribution in [2.45, 2.75) is 25.3 Å². The molecule has 0 spiro atoms. The van der Waals surface area contributed by atoms with E-state index in [0.29, 0.717) is 12.6 Å². The Morgan fingerprint density at radius 3 is 2.68 bits per heavy atom. The molecular formula is C13H17N3O3. The zero-order valence-corrected chi connectivity index (χ0v) is 10.6. The number of carbonyl (C=O) groups excluding carboxylic acids is 1. The molecule has 1 aromatic heterocycles. The second-order valence-corrected chi connectivity index (χ2v) is 4.55. The van der Waals surface area contributed by atoms with Crippen molar-refractivity contribution < 1.29 is 14.7 Å². The van der Waals surface area contributed by atoms with Gasteiger partial charge in [0, 0.05) is 12.6 Å². The van der Waals surface area contributed by atoms with Gasteiger partial charge in [0.25, 0.3) is 5.91 Å². The molecule has 6 heteroatoms. The molecule has 6 nitrogen and oxygen atoms in total. The molecule has 1 heterocycles. The predicted octanol–water partition coefficient (Wildman–Crippen LogP) is 0.652. The molecule has 0 radical (unpaired) electrons. The summed E-state index contributed by atoms with van der Waals surface area (Å²) in [6.07, 6.45) is 3.34. The van der Waals surface area contributed by atoms with Crippen molar-refractivity contribution in [2.75, 3.05) is 13.1 Å². The highest BCUT2D eigenvalue weighted by atomic mass is 16.4. The molecule has 0 saturated heterocycles. The van der Waals surface area contributed by atoms with E-state index in [1.54, 1.807) is 0 Å². The smallest absolute Gasteiger partial charge is 0.354 e. The second kappa shape index (κ2) is 6.29. The number of pyridine rings is 1. The molecule has 0 atom stereocenters. The summed E-state index contributed by atoms with van der Waals surface area (Å²) in [6, 6.07) is 5.05. The highest BCUT2D eigenvalue weighted by Gasteiger charge is 2.19. The summed E-state index contributed by atoms with van der Waals surface area (Å²) in [5.41, 5.74) is 0.0121. The van der Waals surface area contributed by atoms with Crippen molar-refractivity contribution in [1.29, 1.82) is 0 Å². The Balaban J connectivity index is 1.75. The van der Waals surface area contributed by atoms with E-state index in [1.165, 1.54) is 31.0 Å². The summed E-state index contributed by atoms with van der Waals surface area (Å²) in [6.45, 7) is 1.44. The van der Waals surface area contributed by atoms with E-state index in [1.807, 2.05) is 0 Å². The molecule has 0 aromatic carbocycles. The number of carboxylic acid groups (broad SMARTS) is 1. The third-order valence-corrected chi connectivity index (χ3v) is 2.85. The maximum atomic E-state index is 11.7. The lowest BCUT2D eigenvalue weighted by Crippen LogP contribution is -2.28. The van der Waals surface area contributed by atoms with Crippen LogP contribution in [0.3, 0.4) is 0 Å². The SMILES string of the molecule is O=C(O)c1cccc(C(=O)NCCCNC2CC2)n1. The van der Waals surface area contributed by atoms with Gasteiger partial charge in [0.2, 0.25) is 0 Å². The number of amides is 1. The fourth-order valence-electron chi connectivity index (χ4n) is 1.65. The number of rotatable bonds is 7. The van der Waals surface area contributed by atoms with E-state index in [0.717, 1.165) is 13.0 Å². The van der Waals surface area contributed by atoms with Crippen LogP contribution in [0.2, 0.25) is 0 Å². The standard InChI is InChI=1S/C13H17N3O3/c17-12(15-8-2-7-14-9-5-6-9)10-3-1-4-11(16-10)13(18)19/h1,3-4,9,14H,2,5-8H2,(H,15,17)(H,18,19). The number of nitrogens with zero attached hydrogens (tertiary/aromatic N) is 1. The zero-order chi connectivity index (χ0) is 13.7. The lowest BCUT2D eigenvalue weighted by atomic mass is 10.3. The van der Waals surface area contributed by atoms with Gasteiger partial charge >= 0.3 is 5.97 Å². The van der Waals surface area contributed by atoms with Crippen LogP contribution in [0, 0.1) is 0 Å². The number of nitrogens with one attached hydrogen (secondary N) is 2. The molecular weight excluding hydrogens is 246 g/mol. The Hall–Kier alpha value is -1.95. The summed E-state index contributed by atoms with van der Waals surface area (Å²) in [5, 5.41) is 14.9. The number of hydrogen-bond acceptors (Lipinski definition) is 4. The third kappa shape index (κ3) is 4.33. The van der Waals surface area contributed by atoms with Crippen LogP contribution in [-0.2, 0) is 0 Å². The molecule has 1 aromatic rings. The van der Waals surface area contributed by atoms with Gasteiger partial charge in [-0.2, -0.15) is 0 Å². The Labute approximate surface area is 111 Å². The van der Waals surface area contributed by atoms with E-state index in [4.69, 9.17) is 5.11 Å². The predicted molar refractivity (Wildman–Crippen MR) is 69.2 cm³/mol. The van der Waals surface area contributed by atoms with Crippen LogP contribution in [0.25, 0.3) is 0 Å². The monoisotopic (exact) mass is 263 g/mol.